The molecule has 2 heteroatoms. The summed E-state index contributed by atoms with van der Waals surface area (Å²) in [5, 5.41) is 2.65. The minimum absolute atomic E-state index is 0.0573. The van der Waals surface area contributed by atoms with Crippen LogP contribution in [0.3, 0.4) is 0 Å². The van der Waals surface area contributed by atoms with Crippen molar-refractivity contribution in [2.45, 2.75) is 38.5 Å². The molecular formula is C54H41NS. The van der Waals surface area contributed by atoms with E-state index < -0.39 is 0 Å². The van der Waals surface area contributed by atoms with Gasteiger partial charge < -0.3 is 4.90 Å². The number of fused-ring (bicyclic) bond motifs is 9. The van der Waals surface area contributed by atoms with Crippen molar-refractivity contribution in [3.8, 4) is 44.5 Å². The van der Waals surface area contributed by atoms with Gasteiger partial charge in [0.1, 0.15) is 0 Å². The second-order valence-corrected chi connectivity index (χ2v) is 17.5. The van der Waals surface area contributed by atoms with E-state index in [2.05, 4.69) is 209 Å². The highest BCUT2D eigenvalue weighted by molar-refractivity contribution is 7.26. The van der Waals surface area contributed by atoms with E-state index in [1.54, 1.807) is 0 Å². The zero-order valence-corrected chi connectivity index (χ0v) is 32.9. The minimum Gasteiger partial charge on any atom is -0.310 e. The van der Waals surface area contributed by atoms with E-state index in [1.807, 2.05) is 11.3 Å². The molecular weight excluding hydrogens is 695 g/mol. The molecule has 8 aromatic carbocycles. The molecule has 0 saturated carbocycles. The van der Waals surface area contributed by atoms with Crippen molar-refractivity contribution in [1.82, 2.24) is 0 Å². The number of rotatable bonds is 5. The number of hydrogen-bond donors (Lipinski definition) is 0. The standard InChI is InChI=1S/C54H41NS/c1-53(2)44-23-8-5-18-42(44)50-38(20-13-25-46(50)53)35-15-11-16-37(33-35)55(48-27-14-26-47-51(48)43-19-6-9-24-45(43)54(47,3)4)36-31-29-34(30-32-36)39-21-12-22-41-40-17-7-10-28-49(40)56-52(39)41/h5-33H,1-4H3. The highest BCUT2D eigenvalue weighted by Crippen LogP contribution is 2.55. The van der Waals surface area contributed by atoms with Crippen LogP contribution in [0.15, 0.2) is 176 Å². The summed E-state index contributed by atoms with van der Waals surface area (Å²) in [5.41, 5.74) is 19.2. The lowest BCUT2D eigenvalue weighted by molar-refractivity contribution is 0.660. The first kappa shape index (κ1) is 33.1. The summed E-state index contributed by atoms with van der Waals surface area (Å²) in [7, 11) is 0. The van der Waals surface area contributed by atoms with Crippen molar-refractivity contribution in [2.24, 2.45) is 0 Å². The monoisotopic (exact) mass is 735 g/mol. The lowest BCUT2D eigenvalue weighted by Gasteiger charge is -2.29. The number of nitrogens with zero attached hydrogens (tertiary/aromatic N) is 1. The Hall–Kier alpha value is -6.22. The molecule has 0 N–H and O–H groups in total. The molecule has 0 saturated heterocycles. The van der Waals surface area contributed by atoms with Crippen molar-refractivity contribution in [1.29, 1.82) is 0 Å². The average molecular weight is 736 g/mol. The van der Waals surface area contributed by atoms with Gasteiger partial charge in [-0.05, 0) is 97.6 Å². The predicted molar refractivity (Wildman–Crippen MR) is 240 cm³/mol. The fourth-order valence-electron chi connectivity index (χ4n) is 9.92. The Labute approximate surface area is 333 Å². The molecule has 2 aliphatic rings. The van der Waals surface area contributed by atoms with E-state index in [-0.39, 0.29) is 10.8 Å². The molecule has 0 unspecified atom stereocenters. The fraction of sp³-hybridized carbons (Fsp3) is 0.111. The van der Waals surface area contributed by atoms with Crippen molar-refractivity contribution >= 4 is 48.6 Å². The second-order valence-electron chi connectivity index (χ2n) is 16.5. The summed E-state index contributed by atoms with van der Waals surface area (Å²) in [6.45, 7) is 9.45. The lowest BCUT2D eigenvalue weighted by atomic mass is 9.82. The first-order chi connectivity index (χ1) is 27.3. The zero-order chi connectivity index (χ0) is 37.8. The summed E-state index contributed by atoms with van der Waals surface area (Å²) in [4.78, 5) is 2.49. The van der Waals surface area contributed by atoms with Gasteiger partial charge >= 0.3 is 0 Å². The third-order valence-corrected chi connectivity index (χ3v) is 13.9. The Kier molecular flexibility index (Phi) is 7.18. The van der Waals surface area contributed by atoms with Crippen LogP contribution in [0.25, 0.3) is 64.7 Å². The van der Waals surface area contributed by atoms with E-state index in [0.717, 1.165) is 11.4 Å². The van der Waals surface area contributed by atoms with E-state index in [9.17, 15) is 0 Å². The molecule has 0 amide bonds. The van der Waals surface area contributed by atoms with E-state index in [1.165, 1.54) is 92.6 Å². The van der Waals surface area contributed by atoms with Crippen LogP contribution in [-0.2, 0) is 10.8 Å². The molecule has 0 atom stereocenters. The summed E-state index contributed by atoms with van der Waals surface area (Å²) in [5.74, 6) is 0. The molecule has 1 aromatic heterocycles. The third-order valence-electron chi connectivity index (χ3n) is 12.7. The number of anilines is 3. The summed E-state index contributed by atoms with van der Waals surface area (Å²) >= 11 is 1.89. The largest absolute Gasteiger partial charge is 0.310 e. The fourth-order valence-corrected chi connectivity index (χ4v) is 11.2. The van der Waals surface area contributed by atoms with Gasteiger partial charge in [0, 0.05) is 47.9 Å². The van der Waals surface area contributed by atoms with Crippen molar-refractivity contribution in [2.75, 3.05) is 4.90 Å². The third kappa shape index (κ3) is 4.72. The average Bonchev–Trinajstić information content (AvgIpc) is 3.82. The van der Waals surface area contributed by atoms with Gasteiger partial charge in [-0.3, -0.25) is 0 Å². The van der Waals surface area contributed by atoms with Gasteiger partial charge in [0.15, 0.2) is 0 Å². The maximum Gasteiger partial charge on any atom is 0.0543 e. The van der Waals surface area contributed by atoms with Crippen molar-refractivity contribution < 1.29 is 0 Å². The molecule has 268 valence electrons. The quantitative estimate of drug-likeness (QED) is 0.170. The van der Waals surface area contributed by atoms with Crippen LogP contribution in [-0.4, -0.2) is 0 Å². The van der Waals surface area contributed by atoms with Gasteiger partial charge in [-0.15, -0.1) is 11.3 Å². The lowest BCUT2D eigenvalue weighted by Crippen LogP contribution is -2.16. The van der Waals surface area contributed by atoms with Crippen LogP contribution in [0.5, 0.6) is 0 Å². The van der Waals surface area contributed by atoms with Crippen molar-refractivity contribution in [3.63, 3.8) is 0 Å². The topological polar surface area (TPSA) is 3.24 Å². The highest BCUT2D eigenvalue weighted by atomic mass is 32.1. The molecule has 11 rings (SSSR count). The number of hydrogen-bond acceptors (Lipinski definition) is 2. The molecule has 0 aliphatic heterocycles. The molecule has 0 radical (unpaired) electrons. The Balaban J connectivity index is 1.10. The first-order valence-corrected chi connectivity index (χ1v) is 20.5. The van der Waals surface area contributed by atoms with Crippen LogP contribution in [0.4, 0.5) is 17.1 Å². The van der Waals surface area contributed by atoms with Gasteiger partial charge in [-0.25, -0.2) is 0 Å². The predicted octanol–water partition coefficient (Wildman–Crippen LogP) is 15.5. The molecule has 1 nitrogen and oxygen atoms in total. The second kappa shape index (κ2) is 12.1. The van der Waals surface area contributed by atoms with Gasteiger partial charge in [-0.1, -0.05) is 167 Å². The minimum atomic E-state index is -0.104. The van der Waals surface area contributed by atoms with Gasteiger partial charge in [0.25, 0.3) is 0 Å². The van der Waals surface area contributed by atoms with Crippen LogP contribution in [0, 0.1) is 0 Å². The Morgan fingerprint density at radius 1 is 0.393 bits per heavy atom. The molecule has 56 heavy (non-hydrogen) atoms. The summed E-state index contributed by atoms with van der Waals surface area (Å²) < 4.78 is 2.67. The smallest absolute Gasteiger partial charge is 0.0543 e. The SMILES string of the molecule is CC1(C)c2ccccc2-c2c(-c3cccc(N(c4ccc(-c5cccc6c5sc5ccccc56)cc4)c4cccc5c4-c4ccccc4C5(C)C)c3)cccc21. The summed E-state index contributed by atoms with van der Waals surface area (Å²) in [6, 6.07) is 65.7. The normalized spacial score (nSPS) is 14.4. The van der Waals surface area contributed by atoms with Gasteiger partial charge in [0.2, 0.25) is 0 Å². The molecule has 2 aliphatic carbocycles. The number of thiophene rings is 1. The van der Waals surface area contributed by atoms with Crippen LogP contribution < -0.4 is 4.90 Å². The molecule has 1 heterocycles. The van der Waals surface area contributed by atoms with Crippen LogP contribution >= 0.6 is 11.3 Å². The Morgan fingerprint density at radius 3 is 1.71 bits per heavy atom. The van der Waals surface area contributed by atoms with Gasteiger partial charge in [0.05, 0.1) is 5.69 Å². The maximum absolute atomic E-state index is 2.49. The molecule has 0 spiro atoms. The van der Waals surface area contributed by atoms with Crippen molar-refractivity contribution in [3.05, 3.63) is 198 Å². The van der Waals surface area contributed by atoms with E-state index in [4.69, 9.17) is 0 Å². The van der Waals surface area contributed by atoms with Gasteiger partial charge in [-0.2, -0.15) is 0 Å². The molecule has 0 fully saturated rings. The Morgan fingerprint density at radius 2 is 0.946 bits per heavy atom. The molecule has 9 aromatic rings. The first-order valence-electron chi connectivity index (χ1n) is 19.7. The zero-order valence-electron chi connectivity index (χ0n) is 32.1. The van der Waals surface area contributed by atoms with Crippen LogP contribution in [0.1, 0.15) is 49.9 Å². The highest BCUT2D eigenvalue weighted by Gasteiger charge is 2.39. The summed E-state index contributed by atoms with van der Waals surface area (Å²) in [6.07, 6.45) is 0. The number of benzene rings is 8. The van der Waals surface area contributed by atoms with E-state index >= 15 is 0 Å². The maximum atomic E-state index is 2.49. The van der Waals surface area contributed by atoms with Crippen LogP contribution in [0.2, 0.25) is 0 Å². The molecule has 0 bridgehead atoms. The Bertz CT molecular complexity index is 3030. The van der Waals surface area contributed by atoms with E-state index in [0.29, 0.717) is 0 Å².